The van der Waals surface area contributed by atoms with Crippen LogP contribution in [0.3, 0.4) is 0 Å². The van der Waals surface area contributed by atoms with Crippen molar-refractivity contribution in [1.29, 1.82) is 0 Å². The van der Waals surface area contributed by atoms with Gasteiger partial charge in [-0.15, -0.1) is 0 Å². The summed E-state index contributed by atoms with van der Waals surface area (Å²) in [6, 6.07) is 0.528. The summed E-state index contributed by atoms with van der Waals surface area (Å²) < 4.78 is 0. The zero-order valence-corrected chi connectivity index (χ0v) is 11.9. The van der Waals surface area contributed by atoms with E-state index in [1.54, 1.807) is 0 Å². The SMILES string of the molecule is CCCC1NC(C)N(C2CCCC2SC)C1=O. The molecule has 0 bridgehead atoms. The number of nitrogens with one attached hydrogen (secondary N) is 1. The summed E-state index contributed by atoms with van der Waals surface area (Å²) >= 11 is 1.92. The molecule has 1 aliphatic heterocycles. The summed E-state index contributed by atoms with van der Waals surface area (Å²) in [5, 5.41) is 4.09. The van der Waals surface area contributed by atoms with Gasteiger partial charge in [0.1, 0.15) is 0 Å². The van der Waals surface area contributed by atoms with Crippen LogP contribution in [0, 0.1) is 0 Å². The fourth-order valence-electron chi connectivity index (χ4n) is 3.26. The van der Waals surface area contributed by atoms with Crippen LogP contribution in [0.15, 0.2) is 0 Å². The average Bonchev–Trinajstić information content (AvgIpc) is 2.85. The van der Waals surface area contributed by atoms with Gasteiger partial charge in [0.15, 0.2) is 0 Å². The summed E-state index contributed by atoms with van der Waals surface area (Å²) in [5.74, 6) is 0.338. The molecule has 1 heterocycles. The fraction of sp³-hybridized carbons (Fsp3) is 0.923. The zero-order chi connectivity index (χ0) is 12.4. The van der Waals surface area contributed by atoms with Gasteiger partial charge in [0.25, 0.3) is 0 Å². The fourth-order valence-corrected chi connectivity index (χ4v) is 4.24. The maximum atomic E-state index is 12.4. The molecule has 0 radical (unpaired) electrons. The quantitative estimate of drug-likeness (QED) is 0.837. The Balaban J connectivity index is 2.07. The Kier molecular flexibility index (Phi) is 4.36. The van der Waals surface area contributed by atoms with Crippen LogP contribution < -0.4 is 5.32 Å². The molecule has 3 nitrogen and oxygen atoms in total. The molecule has 2 fully saturated rings. The van der Waals surface area contributed by atoms with Gasteiger partial charge in [-0.3, -0.25) is 10.1 Å². The zero-order valence-electron chi connectivity index (χ0n) is 11.1. The summed E-state index contributed by atoms with van der Waals surface area (Å²) in [6.07, 6.45) is 8.15. The number of thioether (sulfide) groups is 1. The molecule has 0 aromatic carbocycles. The van der Waals surface area contributed by atoms with E-state index in [-0.39, 0.29) is 12.2 Å². The summed E-state index contributed by atoms with van der Waals surface area (Å²) in [7, 11) is 0. The summed E-state index contributed by atoms with van der Waals surface area (Å²) in [6.45, 7) is 4.27. The molecule has 0 spiro atoms. The van der Waals surface area contributed by atoms with E-state index in [1.165, 1.54) is 19.3 Å². The number of hydrogen-bond acceptors (Lipinski definition) is 3. The predicted molar refractivity (Wildman–Crippen MR) is 73.1 cm³/mol. The molecule has 98 valence electrons. The first-order valence-corrected chi connectivity index (χ1v) is 8.08. The first-order valence-electron chi connectivity index (χ1n) is 6.80. The van der Waals surface area contributed by atoms with Gasteiger partial charge in [-0.25, -0.2) is 0 Å². The van der Waals surface area contributed by atoms with Gasteiger partial charge < -0.3 is 4.90 Å². The average molecular weight is 256 g/mol. The van der Waals surface area contributed by atoms with E-state index in [0.29, 0.717) is 17.2 Å². The Morgan fingerprint density at radius 3 is 2.88 bits per heavy atom. The maximum absolute atomic E-state index is 12.4. The van der Waals surface area contributed by atoms with Gasteiger partial charge in [0.05, 0.1) is 12.2 Å². The molecular formula is C13H24N2OS. The number of nitrogens with zero attached hydrogens (tertiary/aromatic N) is 1. The molecule has 4 atom stereocenters. The maximum Gasteiger partial charge on any atom is 0.241 e. The molecule has 1 aliphatic carbocycles. The Morgan fingerprint density at radius 2 is 2.24 bits per heavy atom. The number of amides is 1. The van der Waals surface area contributed by atoms with Crippen LogP contribution in [0.5, 0.6) is 0 Å². The lowest BCUT2D eigenvalue weighted by Gasteiger charge is -2.31. The standard InChI is InChI=1S/C13H24N2OS/c1-4-6-10-13(16)15(9(2)14-10)11-7-5-8-12(11)17-3/h9-12,14H,4-8H2,1-3H3. The molecule has 1 saturated heterocycles. The topological polar surface area (TPSA) is 32.3 Å². The van der Waals surface area contributed by atoms with Crippen LogP contribution in [0.4, 0.5) is 0 Å². The van der Waals surface area contributed by atoms with E-state index in [2.05, 4.69) is 30.3 Å². The Bertz CT molecular complexity index is 285. The predicted octanol–water partition coefficient (Wildman–Crippen LogP) is 2.22. The second-order valence-corrected chi connectivity index (χ2v) is 6.28. The van der Waals surface area contributed by atoms with Gasteiger partial charge in [-0.05, 0) is 32.4 Å². The van der Waals surface area contributed by atoms with Crippen molar-refractivity contribution in [2.45, 2.75) is 69.5 Å². The first kappa shape index (κ1) is 13.2. The second-order valence-electron chi connectivity index (χ2n) is 5.20. The molecular weight excluding hydrogens is 232 g/mol. The third-order valence-electron chi connectivity index (χ3n) is 4.07. The van der Waals surface area contributed by atoms with Gasteiger partial charge in [0, 0.05) is 11.3 Å². The van der Waals surface area contributed by atoms with Gasteiger partial charge in [0.2, 0.25) is 5.91 Å². The number of carbonyl (C=O) groups is 1. The molecule has 1 N–H and O–H groups in total. The van der Waals surface area contributed by atoms with E-state index < -0.39 is 0 Å². The Labute approximate surface area is 109 Å². The number of rotatable bonds is 4. The van der Waals surface area contributed by atoms with Crippen molar-refractivity contribution in [1.82, 2.24) is 10.2 Å². The lowest BCUT2D eigenvalue weighted by atomic mass is 10.1. The lowest BCUT2D eigenvalue weighted by Crippen LogP contribution is -2.45. The van der Waals surface area contributed by atoms with E-state index in [1.807, 2.05) is 11.8 Å². The molecule has 4 heteroatoms. The highest BCUT2D eigenvalue weighted by Gasteiger charge is 2.43. The van der Waals surface area contributed by atoms with Crippen molar-refractivity contribution in [2.75, 3.05) is 6.26 Å². The van der Waals surface area contributed by atoms with Crippen LogP contribution in [0.1, 0.15) is 46.0 Å². The van der Waals surface area contributed by atoms with Crippen LogP contribution in [-0.2, 0) is 4.79 Å². The normalized spacial score (nSPS) is 38.1. The first-order chi connectivity index (χ1) is 8.19. The van der Waals surface area contributed by atoms with Crippen molar-refractivity contribution in [3.8, 4) is 0 Å². The van der Waals surface area contributed by atoms with Gasteiger partial charge in [-0.2, -0.15) is 11.8 Å². The van der Waals surface area contributed by atoms with E-state index >= 15 is 0 Å². The third-order valence-corrected chi connectivity index (χ3v) is 5.22. The molecule has 1 amide bonds. The third kappa shape index (κ3) is 2.48. The molecule has 0 aromatic heterocycles. The van der Waals surface area contributed by atoms with E-state index in [9.17, 15) is 4.79 Å². The van der Waals surface area contributed by atoms with Crippen LogP contribution >= 0.6 is 11.8 Å². The monoisotopic (exact) mass is 256 g/mol. The lowest BCUT2D eigenvalue weighted by molar-refractivity contribution is -0.132. The van der Waals surface area contributed by atoms with Crippen molar-refractivity contribution < 1.29 is 4.79 Å². The van der Waals surface area contributed by atoms with Crippen molar-refractivity contribution in [3.05, 3.63) is 0 Å². The molecule has 4 unspecified atom stereocenters. The summed E-state index contributed by atoms with van der Waals surface area (Å²) in [5.41, 5.74) is 0. The van der Waals surface area contributed by atoms with Gasteiger partial charge in [-0.1, -0.05) is 19.8 Å². The number of hydrogen-bond donors (Lipinski definition) is 1. The molecule has 2 rings (SSSR count). The van der Waals surface area contributed by atoms with Crippen LogP contribution in [-0.4, -0.2) is 40.6 Å². The van der Waals surface area contributed by atoms with Crippen LogP contribution in [0.2, 0.25) is 0 Å². The van der Waals surface area contributed by atoms with Crippen molar-refractivity contribution >= 4 is 17.7 Å². The minimum absolute atomic E-state index is 0.0677. The second kappa shape index (κ2) is 5.61. The van der Waals surface area contributed by atoms with E-state index in [4.69, 9.17) is 0 Å². The smallest absolute Gasteiger partial charge is 0.241 e. The van der Waals surface area contributed by atoms with Crippen molar-refractivity contribution in [3.63, 3.8) is 0 Å². The minimum Gasteiger partial charge on any atom is -0.322 e. The Hall–Kier alpha value is -0.220. The number of carbonyl (C=O) groups excluding carboxylic acids is 1. The van der Waals surface area contributed by atoms with Gasteiger partial charge >= 0.3 is 0 Å². The largest absolute Gasteiger partial charge is 0.322 e. The molecule has 2 aliphatic rings. The highest BCUT2D eigenvalue weighted by molar-refractivity contribution is 7.99. The Morgan fingerprint density at radius 1 is 1.47 bits per heavy atom. The summed E-state index contributed by atoms with van der Waals surface area (Å²) in [4.78, 5) is 14.5. The highest BCUT2D eigenvalue weighted by atomic mass is 32.2. The van der Waals surface area contributed by atoms with Crippen LogP contribution in [0.25, 0.3) is 0 Å². The van der Waals surface area contributed by atoms with Crippen molar-refractivity contribution in [2.24, 2.45) is 0 Å². The highest BCUT2D eigenvalue weighted by Crippen LogP contribution is 2.34. The minimum atomic E-state index is 0.0677. The molecule has 17 heavy (non-hydrogen) atoms. The van der Waals surface area contributed by atoms with E-state index in [0.717, 1.165) is 12.8 Å². The molecule has 1 saturated carbocycles. The molecule has 0 aromatic rings.